The fourth-order valence-corrected chi connectivity index (χ4v) is 5.03. The minimum atomic E-state index is -3.91. The lowest BCUT2D eigenvalue weighted by Crippen LogP contribution is -2.37. The number of rotatable bonds is 6. The van der Waals surface area contributed by atoms with Crippen molar-refractivity contribution in [2.45, 2.75) is 56.9 Å². The highest BCUT2D eigenvalue weighted by Gasteiger charge is 2.35. The van der Waals surface area contributed by atoms with E-state index in [9.17, 15) is 17.6 Å². The van der Waals surface area contributed by atoms with Gasteiger partial charge in [0.15, 0.2) is 0 Å². The number of amides is 1. The van der Waals surface area contributed by atoms with Crippen molar-refractivity contribution in [2.24, 2.45) is 5.92 Å². The van der Waals surface area contributed by atoms with Crippen LogP contribution in [-0.2, 0) is 10.0 Å². The largest absolute Gasteiger partial charge is 0.335 e. The summed E-state index contributed by atoms with van der Waals surface area (Å²) in [5.41, 5.74) is 0.245. The van der Waals surface area contributed by atoms with Gasteiger partial charge in [-0.25, -0.2) is 12.8 Å². The summed E-state index contributed by atoms with van der Waals surface area (Å²) in [6.45, 7) is 5.51. The van der Waals surface area contributed by atoms with Crippen molar-refractivity contribution < 1.29 is 17.6 Å². The van der Waals surface area contributed by atoms with Gasteiger partial charge in [-0.15, -0.1) is 0 Å². The van der Waals surface area contributed by atoms with Gasteiger partial charge >= 0.3 is 0 Å². The van der Waals surface area contributed by atoms with Crippen LogP contribution in [0.2, 0.25) is 0 Å². The zero-order chi connectivity index (χ0) is 18.9. The highest BCUT2D eigenvalue weighted by molar-refractivity contribution is 7.89. The van der Waals surface area contributed by atoms with Gasteiger partial charge in [0.25, 0.3) is 5.91 Å². The van der Waals surface area contributed by atoms with E-state index in [2.05, 4.69) is 0 Å². The average molecular weight is 383 g/mol. The van der Waals surface area contributed by atoms with Crippen LogP contribution in [0.1, 0.15) is 56.3 Å². The molecule has 0 atom stereocenters. The molecule has 1 aliphatic carbocycles. The third kappa shape index (κ3) is 4.09. The molecule has 0 spiro atoms. The van der Waals surface area contributed by atoms with Gasteiger partial charge in [-0.1, -0.05) is 20.3 Å². The maximum atomic E-state index is 14.3. The second kappa shape index (κ2) is 7.64. The molecule has 1 saturated heterocycles. The summed E-state index contributed by atoms with van der Waals surface area (Å²) in [5, 5.41) is 0. The van der Waals surface area contributed by atoms with Crippen LogP contribution in [0.3, 0.4) is 0 Å². The highest BCUT2D eigenvalue weighted by Crippen LogP contribution is 2.30. The summed E-state index contributed by atoms with van der Waals surface area (Å²) in [4.78, 5) is 14.3. The molecule has 1 saturated carbocycles. The molecule has 26 heavy (non-hydrogen) atoms. The Morgan fingerprint density at radius 3 is 2.46 bits per heavy atom. The van der Waals surface area contributed by atoms with E-state index in [4.69, 9.17) is 0 Å². The number of carbonyl (C=O) groups is 1. The van der Waals surface area contributed by atoms with E-state index < -0.39 is 15.8 Å². The van der Waals surface area contributed by atoms with Crippen LogP contribution in [0.15, 0.2) is 23.1 Å². The monoisotopic (exact) mass is 382 g/mol. The standard InChI is InChI=1S/C19H27FN2O3S/c1-14(2)13-22(16-7-8-16)19(23)15-6-9-17(20)18(12-15)26(24,25)21-10-4-3-5-11-21/h6,9,12,14,16H,3-5,7-8,10-11,13H2,1-2H3. The van der Waals surface area contributed by atoms with Crippen LogP contribution in [0.25, 0.3) is 0 Å². The minimum absolute atomic E-state index is 0.212. The van der Waals surface area contributed by atoms with Gasteiger partial charge in [0.1, 0.15) is 10.7 Å². The van der Waals surface area contributed by atoms with Gasteiger partial charge in [0.05, 0.1) is 0 Å². The van der Waals surface area contributed by atoms with E-state index in [0.29, 0.717) is 25.6 Å². The molecule has 0 unspecified atom stereocenters. The van der Waals surface area contributed by atoms with Crippen LogP contribution in [0.5, 0.6) is 0 Å². The normalized spacial score (nSPS) is 18.9. The third-order valence-electron chi connectivity index (χ3n) is 4.92. The Hall–Kier alpha value is -1.47. The Balaban J connectivity index is 1.90. The zero-order valence-corrected chi connectivity index (χ0v) is 16.3. The number of benzene rings is 1. The van der Waals surface area contributed by atoms with Crippen molar-refractivity contribution in [3.05, 3.63) is 29.6 Å². The van der Waals surface area contributed by atoms with Crippen molar-refractivity contribution in [3.63, 3.8) is 0 Å². The van der Waals surface area contributed by atoms with Crippen molar-refractivity contribution in [1.82, 2.24) is 9.21 Å². The van der Waals surface area contributed by atoms with Crippen LogP contribution in [0.4, 0.5) is 4.39 Å². The fourth-order valence-electron chi connectivity index (χ4n) is 3.42. The van der Waals surface area contributed by atoms with Gasteiger partial charge < -0.3 is 4.90 Å². The lowest BCUT2D eigenvalue weighted by Gasteiger charge is -2.27. The second-order valence-corrected chi connectivity index (χ2v) is 9.60. The van der Waals surface area contributed by atoms with E-state index in [1.54, 1.807) is 4.90 Å². The molecule has 0 aromatic heterocycles. The van der Waals surface area contributed by atoms with Crippen LogP contribution in [0, 0.1) is 11.7 Å². The Bertz CT molecular complexity index is 769. The molecule has 144 valence electrons. The number of piperidine rings is 1. The van der Waals surface area contributed by atoms with E-state index in [-0.39, 0.29) is 22.4 Å². The number of hydrogen-bond acceptors (Lipinski definition) is 3. The van der Waals surface area contributed by atoms with Gasteiger partial charge in [-0.3, -0.25) is 4.79 Å². The maximum absolute atomic E-state index is 14.3. The molecule has 7 heteroatoms. The predicted octanol–water partition coefficient (Wildman–Crippen LogP) is 3.26. The molecule has 0 radical (unpaired) electrons. The first-order valence-electron chi connectivity index (χ1n) is 9.41. The first-order chi connectivity index (χ1) is 12.3. The van der Waals surface area contributed by atoms with E-state index in [1.807, 2.05) is 13.8 Å². The minimum Gasteiger partial charge on any atom is -0.335 e. The van der Waals surface area contributed by atoms with Crippen LogP contribution < -0.4 is 0 Å². The lowest BCUT2D eigenvalue weighted by molar-refractivity contribution is 0.0722. The summed E-state index contributed by atoms with van der Waals surface area (Å²) in [6, 6.07) is 3.93. The fraction of sp³-hybridized carbons (Fsp3) is 0.632. The Morgan fingerprint density at radius 2 is 1.88 bits per heavy atom. The molecule has 1 aromatic carbocycles. The van der Waals surface area contributed by atoms with Gasteiger partial charge in [-0.05, 0) is 49.8 Å². The molecule has 1 aromatic rings. The molecule has 0 N–H and O–H groups in total. The Labute approximate surface area is 155 Å². The number of hydrogen-bond donors (Lipinski definition) is 0. The third-order valence-corrected chi connectivity index (χ3v) is 6.84. The van der Waals surface area contributed by atoms with Gasteiger partial charge in [-0.2, -0.15) is 4.31 Å². The number of nitrogens with zero attached hydrogens (tertiary/aromatic N) is 2. The molecule has 5 nitrogen and oxygen atoms in total. The van der Waals surface area contributed by atoms with E-state index in [1.165, 1.54) is 16.4 Å². The summed E-state index contributed by atoms with van der Waals surface area (Å²) in [7, 11) is -3.91. The lowest BCUT2D eigenvalue weighted by atomic mass is 10.1. The van der Waals surface area contributed by atoms with Crippen molar-refractivity contribution in [1.29, 1.82) is 0 Å². The molecule has 2 aliphatic rings. The second-order valence-electron chi connectivity index (χ2n) is 7.69. The smallest absolute Gasteiger partial charge is 0.254 e. The molecule has 1 heterocycles. The van der Waals surface area contributed by atoms with Crippen molar-refractivity contribution in [2.75, 3.05) is 19.6 Å². The van der Waals surface area contributed by atoms with Crippen molar-refractivity contribution >= 4 is 15.9 Å². The first kappa shape index (κ1) is 19.3. The topological polar surface area (TPSA) is 57.7 Å². The quantitative estimate of drug-likeness (QED) is 0.759. The molecule has 3 rings (SSSR count). The number of sulfonamides is 1. The number of carbonyl (C=O) groups excluding carboxylic acids is 1. The summed E-state index contributed by atoms with van der Waals surface area (Å²) >= 11 is 0. The SMILES string of the molecule is CC(C)CN(C(=O)c1ccc(F)c(S(=O)(=O)N2CCCCC2)c1)C1CC1. The van der Waals surface area contributed by atoms with E-state index >= 15 is 0 Å². The first-order valence-corrected chi connectivity index (χ1v) is 10.9. The molecular weight excluding hydrogens is 355 g/mol. The molecule has 1 amide bonds. The Kier molecular flexibility index (Phi) is 5.67. The Morgan fingerprint density at radius 1 is 1.23 bits per heavy atom. The van der Waals surface area contributed by atoms with Crippen LogP contribution in [-0.4, -0.2) is 49.2 Å². The average Bonchev–Trinajstić information content (AvgIpc) is 3.45. The summed E-state index contributed by atoms with van der Waals surface area (Å²) < 4.78 is 41.3. The van der Waals surface area contributed by atoms with E-state index in [0.717, 1.165) is 38.2 Å². The maximum Gasteiger partial charge on any atom is 0.254 e. The van der Waals surface area contributed by atoms with Gasteiger partial charge in [0.2, 0.25) is 10.0 Å². The predicted molar refractivity (Wildman–Crippen MR) is 97.9 cm³/mol. The van der Waals surface area contributed by atoms with Crippen molar-refractivity contribution in [3.8, 4) is 0 Å². The van der Waals surface area contributed by atoms with Crippen LogP contribution >= 0.6 is 0 Å². The molecular formula is C19H27FN2O3S. The molecule has 1 aliphatic heterocycles. The number of halogens is 1. The molecule has 0 bridgehead atoms. The highest BCUT2D eigenvalue weighted by atomic mass is 32.2. The zero-order valence-electron chi connectivity index (χ0n) is 15.4. The summed E-state index contributed by atoms with van der Waals surface area (Å²) in [5.74, 6) is -0.693. The van der Waals surface area contributed by atoms with Gasteiger partial charge in [0, 0.05) is 31.2 Å². The molecule has 2 fully saturated rings. The summed E-state index contributed by atoms with van der Waals surface area (Å²) in [6.07, 6.45) is 4.49.